The number of amidine groups is 1. The predicted octanol–water partition coefficient (Wildman–Crippen LogP) is 9.14. The van der Waals surface area contributed by atoms with Crippen LogP contribution in [0, 0.1) is 17.8 Å². The van der Waals surface area contributed by atoms with E-state index in [0.717, 1.165) is 35.1 Å². The Hall–Kier alpha value is -6.12. The van der Waals surface area contributed by atoms with Crippen molar-refractivity contribution >= 4 is 41.3 Å². The Kier molecular flexibility index (Phi) is 16.1. The van der Waals surface area contributed by atoms with E-state index in [0.29, 0.717) is 87.8 Å². The van der Waals surface area contributed by atoms with Gasteiger partial charge in [0.25, 0.3) is 5.91 Å². The van der Waals surface area contributed by atoms with Crippen LogP contribution < -0.4 is 20.7 Å². The van der Waals surface area contributed by atoms with E-state index in [9.17, 15) is 24.0 Å². The predicted molar refractivity (Wildman–Crippen MR) is 249 cm³/mol. The summed E-state index contributed by atoms with van der Waals surface area (Å²) in [5, 5.41) is 17.0. The SMILES string of the molecule is CCOc1cc(C(=O)NC2CCN(C(=O)OC(C)(C)C)CC2)ccc1-c1ccc(C[C@H](CC(=O)C2CCC(CNC(=O)OC(C)(C)C)CC2)C(=O)Nc2ccc(C3=NCN=N3)cc2)cc1. The van der Waals surface area contributed by atoms with Crippen LogP contribution in [0.4, 0.5) is 15.3 Å². The highest BCUT2D eigenvalue weighted by atomic mass is 16.6. The molecule has 0 unspecified atom stereocenters. The van der Waals surface area contributed by atoms with E-state index >= 15 is 0 Å². The normalized spacial score (nSPS) is 18.3. The van der Waals surface area contributed by atoms with Gasteiger partial charge in [-0.15, -0.1) is 5.11 Å². The lowest BCUT2D eigenvalue weighted by Crippen LogP contribution is -2.47. The van der Waals surface area contributed by atoms with Gasteiger partial charge in [-0.2, -0.15) is 5.11 Å². The average Bonchev–Trinajstić information content (AvgIpc) is 3.81. The number of piperidine rings is 1. The fourth-order valence-corrected chi connectivity index (χ4v) is 8.31. The van der Waals surface area contributed by atoms with Crippen molar-refractivity contribution in [3.63, 3.8) is 0 Å². The summed E-state index contributed by atoms with van der Waals surface area (Å²) in [4.78, 5) is 72.1. The number of carbonyl (C=O) groups is 5. The number of amides is 4. The number of alkyl carbamates (subject to hydrolysis) is 1. The highest BCUT2D eigenvalue weighted by Gasteiger charge is 2.32. The van der Waals surface area contributed by atoms with Crippen molar-refractivity contribution in [1.82, 2.24) is 15.5 Å². The molecule has 1 saturated heterocycles. The fraction of sp³-hybridized carbons (Fsp3) is 0.520. The molecule has 3 aliphatic rings. The van der Waals surface area contributed by atoms with Gasteiger partial charge in [-0.05, 0) is 153 Å². The van der Waals surface area contributed by atoms with Crippen molar-refractivity contribution in [2.45, 2.75) is 117 Å². The summed E-state index contributed by atoms with van der Waals surface area (Å²) in [5.41, 5.74) is 3.31. The molecule has 3 N–H and O–H groups in total. The third kappa shape index (κ3) is 14.4. The van der Waals surface area contributed by atoms with E-state index in [1.807, 2.05) is 90.9 Å². The van der Waals surface area contributed by atoms with E-state index in [1.165, 1.54) is 0 Å². The van der Waals surface area contributed by atoms with E-state index < -0.39 is 23.2 Å². The second-order valence-electron chi connectivity index (χ2n) is 19.2. The summed E-state index contributed by atoms with van der Waals surface area (Å²) in [6, 6.07) is 20.5. The van der Waals surface area contributed by atoms with E-state index in [1.54, 1.807) is 29.2 Å². The maximum atomic E-state index is 14.0. The van der Waals surface area contributed by atoms with Gasteiger partial charge in [-0.1, -0.05) is 24.3 Å². The number of Topliss-reactive ketones (excluding diaryl/α,β-unsaturated/α-hetero) is 1. The van der Waals surface area contributed by atoms with Crippen molar-refractivity contribution in [3.8, 4) is 16.9 Å². The van der Waals surface area contributed by atoms with Crippen molar-refractivity contribution in [3.05, 3.63) is 83.4 Å². The molecule has 1 saturated carbocycles. The first-order valence-electron chi connectivity index (χ1n) is 22.9. The smallest absolute Gasteiger partial charge is 0.410 e. The molecule has 4 amide bonds. The Labute approximate surface area is 382 Å². The summed E-state index contributed by atoms with van der Waals surface area (Å²) < 4.78 is 16.9. The first-order chi connectivity index (χ1) is 30.9. The van der Waals surface area contributed by atoms with Crippen molar-refractivity contribution in [2.75, 3.05) is 38.2 Å². The molecule has 15 nitrogen and oxygen atoms in total. The Balaban J connectivity index is 1.10. The number of hydrogen-bond acceptors (Lipinski definition) is 11. The average molecular weight is 892 g/mol. The fourth-order valence-electron chi connectivity index (χ4n) is 8.31. The number of carbonyl (C=O) groups excluding carboxylic acids is 5. The van der Waals surface area contributed by atoms with Crippen LogP contribution in [0.2, 0.25) is 0 Å². The first kappa shape index (κ1) is 48.3. The standard InChI is InChI=1S/C50H65N7O8/c1-8-63-43-29-37(45(59)55-40-23-25-57(26-24-40)48(62)65-50(5,6)7)19-22-41(43)34-13-9-32(10-14-34)27-38(46(60)54-39-20-17-36(18-21-39)44-52-31-53-56-44)28-42(58)35-15-11-33(12-16-35)30-51-47(61)64-49(2,3)4/h9-10,13-14,17-22,29,33,35,38,40H,8,11-12,15-16,23-28,30-31H2,1-7H3,(H,51,61)(H,54,60)(H,55,59)/t33?,35?,38-/m1/s1. The number of aliphatic imine (C=N–C) groups is 1. The number of likely N-dealkylation sites (tertiary alicyclic amines) is 1. The molecule has 2 fully saturated rings. The topological polar surface area (TPSA) is 189 Å². The van der Waals surface area contributed by atoms with Crippen LogP contribution in [0.15, 0.2) is 82.0 Å². The molecule has 0 spiro atoms. The lowest BCUT2D eigenvalue weighted by molar-refractivity contribution is -0.129. The number of rotatable bonds is 15. The number of benzene rings is 3. The quantitative estimate of drug-likeness (QED) is 0.135. The largest absolute Gasteiger partial charge is 0.493 e. The van der Waals surface area contributed by atoms with E-state index in [-0.39, 0.29) is 48.0 Å². The molecule has 6 rings (SSSR count). The zero-order valence-electron chi connectivity index (χ0n) is 38.9. The van der Waals surface area contributed by atoms with Gasteiger partial charge < -0.3 is 35.1 Å². The molecule has 0 radical (unpaired) electrons. The molecule has 3 aromatic carbocycles. The van der Waals surface area contributed by atoms with Crippen LogP contribution in [0.5, 0.6) is 5.75 Å². The number of nitrogens with zero attached hydrogens (tertiary/aromatic N) is 4. The summed E-state index contributed by atoms with van der Waals surface area (Å²) in [6.07, 6.45) is 3.90. The molecule has 348 valence electrons. The first-order valence-corrected chi connectivity index (χ1v) is 22.9. The lowest BCUT2D eigenvalue weighted by Gasteiger charge is -2.33. The maximum Gasteiger partial charge on any atom is 0.410 e. The summed E-state index contributed by atoms with van der Waals surface area (Å²) in [7, 11) is 0. The van der Waals surface area contributed by atoms with Gasteiger partial charge >= 0.3 is 12.2 Å². The minimum atomic E-state index is -0.631. The summed E-state index contributed by atoms with van der Waals surface area (Å²) in [5.74, 6) is 0.185. The summed E-state index contributed by atoms with van der Waals surface area (Å²) in [6.45, 7) is 15.1. The number of hydrogen-bond donors (Lipinski definition) is 3. The van der Waals surface area contributed by atoms with Crippen LogP contribution >= 0.6 is 0 Å². The lowest BCUT2D eigenvalue weighted by atomic mass is 9.77. The molecule has 1 aliphatic carbocycles. The number of nitrogens with one attached hydrogen (secondary N) is 3. The highest BCUT2D eigenvalue weighted by Crippen LogP contribution is 2.34. The molecule has 1 atom stereocenters. The zero-order valence-corrected chi connectivity index (χ0v) is 38.9. The van der Waals surface area contributed by atoms with E-state index in [4.69, 9.17) is 14.2 Å². The van der Waals surface area contributed by atoms with Crippen LogP contribution in [-0.4, -0.2) is 90.7 Å². The monoisotopic (exact) mass is 891 g/mol. The minimum Gasteiger partial charge on any atom is -0.493 e. The maximum absolute atomic E-state index is 14.0. The Morgan fingerprint density at radius 3 is 2.08 bits per heavy atom. The van der Waals surface area contributed by atoms with Gasteiger partial charge in [-0.3, -0.25) is 14.4 Å². The van der Waals surface area contributed by atoms with Crippen LogP contribution in [0.1, 0.15) is 115 Å². The Morgan fingerprint density at radius 1 is 0.800 bits per heavy atom. The number of ketones is 1. The number of azo groups is 1. The van der Waals surface area contributed by atoms with Gasteiger partial charge in [0.15, 0.2) is 12.5 Å². The third-order valence-electron chi connectivity index (χ3n) is 11.7. The van der Waals surface area contributed by atoms with Gasteiger partial charge in [-0.25, -0.2) is 14.6 Å². The summed E-state index contributed by atoms with van der Waals surface area (Å²) >= 11 is 0. The van der Waals surface area contributed by atoms with Crippen LogP contribution in [-0.2, 0) is 25.5 Å². The highest BCUT2D eigenvalue weighted by molar-refractivity contribution is 6.01. The second-order valence-corrected chi connectivity index (χ2v) is 19.2. The Bertz CT molecular complexity index is 2210. The number of ether oxygens (including phenoxy) is 3. The molecule has 2 heterocycles. The van der Waals surface area contributed by atoms with Crippen LogP contribution in [0.25, 0.3) is 11.1 Å². The van der Waals surface area contributed by atoms with E-state index in [2.05, 4.69) is 31.2 Å². The molecular weight excluding hydrogens is 827 g/mol. The molecule has 15 heteroatoms. The van der Waals surface area contributed by atoms with Crippen molar-refractivity contribution in [1.29, 1.82) is 0 Å². The van der Waals surface area contributed by atoms with Gasteiger partial charge in [0.05, 0.1) is 6.61 Å². The molecule has 3 aromatic rings. The van der Waals surface area contributed by atoms with Gasteiger partial charge in [0.1, 0.15) is 22.7 Å². The molecular formula is C50H65N7O8. The molecule has 2 aliphatic heterocycles. The zero-order chi connectivity index (χ0) is 46.7. The second kappa shape index (κ2) is 21.7. The van der Waals surface area contributed by atoms with Crippen molar-refractivity contribution in [2.24, 2.45) is 33.0 Å². The van der Waals surface area contributed by atoms with Gasteiger partial charge in [0.2, 0.25) is 5.91 Å². The minimum absolute atomic E-state index is 0.0667. The molecule has 0 bridgehead atoms. The molecule has 65 heavy (non-hydrogen) atoms. The third-order valence-corrected chi connectivity index (χ3v) is 11.7. The number of anilines is 1. The Morgan fingerprint density at radius 2 is 1.46 bits per heavy atom. The molecule has 0 aromatic heterocycles. The van der Waals surface area contributed by atoms with Crippen LogP contribution in [0.3, 0.4) is 0 Å². The van der Waals surface area contributed by atoms with Crippen molar-refractivity contribution < 1.29 is 38.2 Å². The van der Waals surface area contributed by atoms with Gasteiger partial charge in [0, 0.05) is 66.3 Å².